The average molecular weight is 255 g/mol. The number of aldehydes is 1. The second kappa shape index (κ2) is 4.61. The highest BCUT2D eigenvalue weighted by Gasteiger charge is 2.07. The van der Waals surface area contributed by atoms with Gasteiger partial charge in [0.1, 0.15) is 17.9 Å². The normalized spacial score (nSPS) is 10.8. The maximum atomic E-state index is 12.8. The summed E-state index contributed by atoms with van der Waals surface area (Å²) in [6.45, 7) is 0. The molecule has 0 atom stereocenters. The smallest absolute Gasteiger partial charge is 0.161 e. The maximum absolute atomic E-state index is 12.8. The molecule has 0 aliphatic heterocycles. The first-order valence-electron chi connectivity index (χ1n) is 5.79. The highest BCUT2D eigenvalue weighted by atomic mass is 19.1. The summed E-state index contributed by atoms with van der Waals surface area (Å²) in [4.78, 5) is 10.7. The molecule has 2 heterocycles. The van der Waals surface area contributed by atoms with Crippen LogP contribution < -0.4 is 0 Å². The van der Waals surface area contributed by atoms with Crippen molar-refractivity contribution in [3.05, 3.63) is 65.4 Å². The highest BCUT2D eigenvalue weighted by molar-refractivity contribution is 5.76. The van der Waals surface area contributed by atoms with Crippen molar-refractivity contribution in [2.45, 2.75) is 6.42 Å². The first kappa shape index (κ1) is 11.5. The fourth-order valence-corrected chi connectivity index (χ4v) is 1.93. The van der Waals surface area contributed by atoms with E-state index < -0.39 is 0 Å². The summed E-state index contributed by atoms with van der Waals surface area (Å²) in [5, 5.41) is 8.11. The number of rotatable bonds is 3. The molecule has 19 heavy (non-hydrogen) atoms. The van der Waals surface area contributed by atoms with Gasteiger partial charge in [-0.2, -0.15) is 0 Å². The number of fused-ring (bicyclic) bond motifs is 1. The number of hydrogen-bond donors (Lipinski definition) is 0. The van der Waals surface area contributed by atoms with Crippen LogP contribution in [0.2, 0.25) is 0 Å². The van der Waals surface area contributed by atoms with E-state index in [2.05, 4.69) is 10.2 Å². The molecule has 0 fully saturated rings. The van der Waals surface area contributed by atoms with Crippen LogP contribution >= 0.6 is 0 Å². The number of pyridine rings is 1. The van der Waals surface area contributed by atoms with Crippen molar-refractivity contribution in [1.29, 1.82) is 0 Å². The number of carbonyl (C=O) groups is 1. The third-order valence-electron chi connectivity index (χ3n) is 2.92. The van der Waals surface area contributed by atoms with Crippen molar-refractivity contribution in [3.63, 3.8) is 0 Å². The highest BCUT2D eigenvalue weighted by Crippen LogP contribution is 2.11. The first-order valence-corrected chi connectivity index (χ1v) is 5.79. The van der Waals surface area contributed by atoms with E-state index in [1.165, 1.54) is 12.1 Å². The summed E-state index contributed by atoms with van der Waals surface area (Å²) in [7, 11) is 0. The molecule has 0 saturated carbocycles. The second-order valence-corrected chi connectivity index (χ2v) is 4.23. The summed E-state index contributed by atoms with van der Waals surface area (Å²) in [5.41, 5.74) is 2.14. The molecule has 0 radical (unpaired) electrons. The molecule has 0 aliphatic carbocycles. The van der Waals surface area contributed by atoms with Crippen LogP contribution in [-0.2, 0) is 6.42 Å². The van der Waals surface area contributed by atoms with Crippen LogP contribution in [0.15, 0.2) is 42.6 Å². The number of halogens is 1. The molecular formula is C14H10FN3O. The van der Waals surface area contributed by atoms with Crippen molar-refractivity contribution in [2.75, 3.05) is 0 Å². The zero-order chi connectivity index (χ0) is 13.2. The van der Waals surface area contributed by atoms with Gasteiger partial charge in [0.2, 0.25) is 0 Å². The quantitative estimate of drug-likeness (QED) is 0.674. The molecular weight excluding hydrogens is 245 g/mol. The van der Waals surface area contributed by atoms with Crippen LogP contribution in [0.1, 0.15) is 21.7 Å². The van der Waals surface area contributed by atoms with Gasteiger partial charge in [-0.3, -0.25) is 9.20 Å². The topological polar surface area (TPSA) is 47.3 Å². The van der Waals surface area contributed by atoms with E-state index in [0.717, 1.165) is 17.7 Å². The predicted octanol–water partition coefficient (Wildman–Crippen LogP) is 2.27. The number of nitrogens with zero attached hydrogens (tertiary/aromatic N) is 3. The van der Waals surface area contributed by atoms with E-state index in [4.69, 9.17) is 0 Å². The molecule has 3 aromatic rings. The molecule has 5 heteroatoms. The van der Waals surface area contributed by atoms with Gasteiger partial charge in [0, 0.05) is 18.2 Å². The van der Waals surface area contributed by atoms with E-state index >= 15 is 0 Å². The van der Waals surface area contributed by atoms with Crippen LogP contribution in [-0.4, -0.2) is 20.9 Å². The summed E-state index contributed by atoms with van der Waals surface area (Å²) < 4.78 is 14.7. The van der Waals surface area contributed by atoms with Crippen LogP contribution in [0, 0.1) is 5.82 Å². The molecule has 94 valence electrons. The van der Waals surface area contributed by atoms with Gasteiger partial charge in [0.05, 0.1) is 0 Å². The zero-order valence-corrected chi connectivity index (χ0v) is 9.95. The lowest BCUT2D eigenvalue weighted by Gasteiger charge is -2.01. The summed E-state index contributed by atoms with van der Waals surface area (Å²) in [6, 6.07) is 9.66. The number of hydrogen-bond acceptors (Lipinski definition) is 3. The number of carbonyl (C=O) groups excluding carboxylic acids is 1. The van der Waals surface area contributed by atoms with Crippen molar-refractivity contribution in [2.24, 2.45) is 0 Å². The molecule has 4 nitrogen and oxygen atoms in total. The van der Waals surface area contributed by atoms with Gasteiger partial charge in [0.15, 0.2) is 5.65 Å². The van der Waals surface area contributed by atoms with Gasteiger partial charge < -0.3 is 0 Å². The SMILES string of the molecule is O=Cc1ccn2c(Cc3ccc(F)cc3)nnc2c1. The summed E-state index contributed by atoms with van der Waals surface area (Å²) in [6.07, 6.45) is 3.09. The van der Waals surface area contributed by atoms with Crippen LogP contribution in [0.4, 0.5) is 4.39 Å². The minimum atomic E-state index is -0.259. The fraction of sp³-hybridized carbons (Fsp3) is 0.0714. The van der Waals surface area contributed by atoms with Gasteiger partial charge in [-0.1, -0.05) is 12.1 Å². The van der Waals surface area contributed by atoms with Gasteiger partial charge in [-0.25, -0.2) is 4.39 Å². The minimum absolute atomic E-state index is 0.259. The summed E-state index contributed by atoms with van der Waals surface area (Å²) in [5.74, 6) is 0.490. The van der Waals surface area contributed by atoms with Crippen molar-refractivity contribution < 1.29 is 9.18 Å². The largest absolute Gasteiger partial charge is 0.298 e. The lowest BCUT2D eigenvalue weighted by molar-refractivity contribution is 0.112. The standard InChI is InChI=1S/C14H10FN3O/c15-12-3-1-10(2-4-12)7-13-16-17-14-8-11(9-19)5-6-18(13)14/h1-6,8-9H,7H2. The Morgan fingerprint density at radius 3 is 2.68 bits per heavy atom. The van der Waals surface area contributed by atoms with Crippen molar-refractivity contribution in [1.82, 2.24) is 14.6 Å². The fourth-order valence-electron chi connectivity index (χ4n) is 1.93. The van der Waals surface area contributed by atoms with E-state index in [9.17, 15) is 9.18 Å². The molecule has 2 aromatic heterocycles. The van der Waals surface area contributed by atoms with Gasteiger partial charge in [-0.15, -0.1) is 10.2 Å². The van der Waals surface area contributed by atoms with Gasteiger partial charge in [0.25, 0.3) is 0 Å². The zero-order valence-electron chi connectivity index (χ0n) is 9.95. The summed E-state index contributed by atoms with van der Waals surface area (Å²) >= 11 is 0. The van der Waals surface area contributed by atoms with Crippen LogP contribution in [0.3, 0.4) is 0 Å². The van der Waals surface area contributed by atoms with E-state index in [0.29, 0.717) is 17.6 Å². The van der Waals surface area contributed by atoms with E-state index in [1.54, 1.807) is 30.5 Å². The third-order valence-corrected chi connectivity index (χ3v) is 2.92. The lowest BCUT2D eigenvalue weighted by atomic mass is 10.1. The predicted molar refractivity (Wildman–Crippen MR) is 67.6 cm³/mol. The molecule has 0 unspecified atom stereocenters. The molecule has 1 aromatic carbocycles. The van der Waals surface area contributed by atoms with Crippen molar-refractivity contribution in [3.8, 4) is 0 Å². The second-order valence-electron chi connectivity index (χ2n) is 4.23. The Balaban J connectivity index is 1.97. The Hall–Kier alpha value is -2.56. The molecule has 0 bridgehead atoms. The minimum Gasteiger partial charge on any atom is -0.298 e. The Bertz CT molecular complexity index is 734. The monoisotopic (exact) mass is 255 g/mol. The first-order chi connectivity index (χ1) is 9.26. The molecule has 3 rings (SSSR count). The molecule has 0 aliphatic rings. The van der Waals surface area contributed by atoms with Crippen LogP contribution in [0.25, 0.3) is 5.65 Å². The molecule has 0 saturated heterocycles. The Morgan fingerprint density at radius 2 is 1.95 bits per heavy atom. The van der Waals surface area contributed by atoms with Crippen LogP contribution in [0.5, 0.6) is 0 Å². The lowest BCUT2D eigenvalue weighted by Crippen LogP contribution is -1.97. The average Bonchev–Trinajstić information content (AvgIpc) is 2.83. The Morgan fingerprint density at radius 1 is 1.16 bits per heavy atom. The number of aromatic nitrogens is 3. The van der Waals surface area contributed by atoms with E-state index in [-0.39, 0.29) is 5.82 Å². The molecule has 0 amide bonds. The molecule has 0 spiro atoms. The van der Waals surface area contributed by atoms with Gasteiger partial charge >= 0.3 is 0 Å². The number of benzene rings is 1. The molecule has 0 N–H and O–H groups in total. The third kappa shape index (κ3) is 2.22. The Labute approximate surface area is 108 Å². The van der Waals surface area contributed by atoms with Gasteiger partial charge in [-0.05, 0) is 29.8 Å². The van der Waals surface area contributed by atoms with E-state index in [1.807, 2.05) is 4.40 Å². The maximum Gasteiger partial charge on any atom is 0.161 e. The Kier molecular flexibility index (Phi) is 2.79. The van der Waals surface area contributed by atoms with Crippen molar-refractivity contribution >= 4 is 11.9 Å².